The summed E-state index contributed by atoms with van der Waals surface area (Å²) in [5, 5.41) is 0. The number of nitrogens with zero attached hydrogens (tertiary/aromatic N) is 1. The Balaban J connectivity index is 2.70. The van der Waals surface area contributed by atoms with E-state index in [-0.39, 0.29) is 0 Å². The van der Waals surface area contributed by atoms with Crippen LogP contribution < -0.4 is 4.57 Å². The molecule has 0 bridgehead atoms. The molecular formula is C17H22N+. The van der Waals surface area contributed by atoms with Gasteiger partial charge in [-0.3, -0.25) is 0 Å². The number of pyridine rings is 1. The fourth-order valence-corrected chi connectivity index (χ4v) is 2.38. The molecular weight excluding hydrogens is 218 g/mol. The molecule has 0 radical (unpaired) electrons. The number of benzene rings is 1. The quantitative estimate of drug-likeness (QED) is 0.669. The van der Waals surface area contributed by atoms with Crippen molar-refractivity contribution in [2.75, 3.05) is 0 Å². The highest BCUT2D eigenvalue weighted by atomic mass is 14.9. The van der Waals surface area contributed by atoms with E-state index in [2.05, 4.69) is 70.6 Å². The summed E-state index contributed by atoms with van der Waals surface area (Å²) < 4.78 is 2.22. The highest BCUT2D eigenvalue weighted by Crippen LogP contribution is 2.26. The third kappa shape index (κ3) is 2.05. The lowest BCUT2D eigenvalue weighted by Crippen LogP contribution is -2.31. The molecule has 0 atom stereocenters. The average Bonchev–Trinajstić information content (AvgIpc) is 2.32. The molecule has 0 unspecified atom stereocenters. The van der Waals surface area contributed by atoms with E-state index in [1.165, 1.54) is 39.1 Å². The van der Waals surface area contributed by atoms with Gasteiger partial charge in [0.25, 0.3) is 0 Å². The lowest BCUT2D eigenvalue weighted by molar-refractivity contribution is -0.660. The van der Waals surface area contributed by atoms with Crippen LogP contribution in [0, 0.1) is 34.6 Å². The van der Waals surface area contributed by atoms with E-state index in [1.807, 2.05) is 0 Å². The van der Waals surface area contributed by atoms with E-state index in [9.17, 15) is 0 Å². The molecule has 2 rings (SSSR count). The second-order valence-corrected chi connectivity index (χ2v) is 5.32. The van der Waals surface area contributed by atoms with Crippen molar-refractivity contribution in [3.05, 3.63) is 52.2 Å². The highest BCUT2D eigenvalue weighted by molar-refractivity contribution is 5.64. The first-order valence-electron chi connectivity index (χ1n) is 6.46. The maximum atomic E-state index is 2.28. The molecule has 94 valence electrons. The summed E-state index contributed by atoms with van der Waals surface area (Å²) in [6, 6.07) is 6.74. The number of aryl methyl sites for hydroxylation is 4. The van der Waals surface area contributed by atoms with E-state index in [4.69, 9.17) is 0 Å². The molecule has 0 spiro atoms. The molecule has 0 saturated carbocycles. The van der Waals surface area contributed by atoms with E-state index >= 15 is 0 Å². The van der Waals surface area contributed by atoms with Crippen molar-refractivity contribution >= 4 is 0 Å². The molecule has 0 N–H and O–H groups in total. The Labute approximate surface area is 110 Å². The van der Waals surface area contributed by atoms with Gasteiger partial charge in [-0.2, -0.15) is 0 Å². The first-order valence-corrected chi connectivity index (χ1v) is 6.46. The van der Waals surface area contributed by atoms with Gasteiger partial charge >= 0.3 is 0 Å². The predicted octanol–water partition coefficient (Wildman–Crippen LogP) is 3.72. The smallest absolute Gasteiger partial charge is 0.201 e. The zero-order chi connectivity index (χ0) is 13.4. The normalized spacial score (nSPS) is 10.8. The summed E-state index contributed by atoms with van der Waals surface area (Å²) in [5.74, 6) is 0. The molecule has 1 aromatic heterocycles. The monoisotopic (exact) mass is 240 g/mol. The standard InChI is InChI=1S/C17H22N/c1-11-7-8-16(15(5)14(11)4)17-9-12(2)13(3)10-18(17)6/h7-10H,1-6H3/q+1. The van der Waals surface area contributed by atoms with Gasteiger partial charge < -0.3 is 0 Å². The van der Waals surface area contributed by atoms with Crippen LogP contribution in [0.4, 0.5) is 0 Å². The number of hydrogen-bond donors (Lipinski definition) is 0. The van der Waals surface area contributed by atoms with E-state index in [1.54, 1.807) is 0 Å². The van der Waals surface area contributed by atoms with Crippen molar-refractivity contribution in [1.29, 1.82) is 0 Å². The van der Waals surface area contributed by atoms with Crippen molar-refractivity contribution in [1.82, 2.24) is 0 Å². The Bertz CT molecular complexity index is 609. The maximum Gasteiger partial charge on any atom is 0.212 e. The second kappa shape index (κ2) is 4.56. The van der Waals surface area contributed by atoms with Crippen molar-refractivity contribution in [2.24, 2.45) is 7.05 Å². The van der Waals surface area contributed by atoms with Gasteiger partial charge in [0, 0.05) is 17.2 Å². The molecule has 2 aromatic rings. The fourth-order valence-electron chi connectivity index (χ4n) is 2.38. The summed E-state index contributed by atoms with van der Waals surface area (Å²) in [4.78, 5) is 0. The molecule has 1 nitrogen and oxygen atoms in total. The van der Waals surface area contributed by atoms with Gasteiger partial charge in [-0.15, -0.1) is 0 Å². The zero-order valence-corrected chi connectivity index (χ0v) is 12.3. The predicted molar refractivity (Wildman–Crippen MR) is 76.7 cm³/mol. The summed E-state index contributed by atoms with van der Waals surface area (Å²) >= 11 is 0. The minimum Gasteiger partial charge on any atom is -0.201 e. The first kappa shape index (κ1) is 12.8. The minimum atomic E-state index is 1.29. The lowest BCUT2D eigenvalue weighted by atomic mass is 9.95. The van der Waals surface area contributed by atoms with Crippen LogP contribution in [0.3, 0.4) is 0 Å². The van der Waals surface area contributed by atoms with Gasteiger partial charge in [0.1, 0.15) is 7.05 Å². The number of aromatic nitrogens is 1. The van der Waals surface area contributed by atoms with Gasteiger partial charge in [-0.1, -0.05) is 6.07 Å². The van der Waals surface area contributed by atoms with Crippen LogP contribution >= 0.6 is 0 Å². The lowest BCUT2D eigenvalue weighted by Gasteiger charge is -2.11. The van der Waals surface area contributed by atoms with Crippen LogP contribution in [0.1, 0.15) is 27.8 Å². The van der Waals surface area contributed by atoms with Gasteiger partial charge in [-0.25, -0.2) is 4.57 Å². The Hall–Kier alpha value is -1.63. The van der Waals surface area contributed by atoms with Crippen LogP contribution in [0.15, 0.2) is 24.4 Å². The number of rotatable bonds is 1. The third-order valence-corrected chi connectivity index (χ3v) is 4.08. The molecule has 0 aliphatic heterocycles. The van der Waals surface area contributed by atoms with E-state index in [0.717, 1.165) is 0 Å². The van der Waals surface area contributed by atoms with Crippen LogP contribution in [0.25, 0.3) is 11.3 Å². The zero-order valence-electron chi connectivity index (χ0n) is 12.3. The molecule has 0 fully saturated rings. The summed E-state index contributed by atoms with van der Waals surface area (Å²) in [6.07, 6.45) is 2.21. The van der Waals surface area contributed by atoms with Gasteiger partial charge in [0.05, 0.1) is 0 Å². The van der Waals surface area contributed by atoms with Crippen LogP contribution in [0.5, 0.6) is 0 Å². The van der Waals surface area contributed by atoms with E-state index < -0.39 is 0 Å². The third-order valence-electron chi connectivity index (χ3n) is 4.08. The fraction of sp³-hybridized carbons (Fsp3) is 0.353. The highest BCUT2D eigenvalue weighted by Gasteiger charge is 2.15. The summed E-state index contributed by atoms with van der Waals surface area (Å²) in [6.45, 7) is 10.9. The largest absolute Gasteiger partial charge is 0.212 e. The second-order valence-electron chi connectivity index (χ2n) is 5.32. The van der Waals surface area contributed by atoms with Crippen molar-refractivity contribution in [3.8, 4) is 11.3 Å². The van der Waals surface area contributed by atoms with Gasteiger partial charge in [0.15, 0.2) is 6.20 Å². The maximum absolute atomic E-state index is 2.28. The Morgan fingerprint density at radius 3 is 2.11 bits per heavy atom. The van der Waals surface area contributed by atoms with Crippen molar-refractivity contribution in [3.63, 3.8) is 0 Å². The molecule has 0 aliphatic rings. The molecule has 1 heteroatoms. The minimum absolute atomic E-state index is 1.29. The average molecular weight is 240 g/mol. The Morgan fingerprint density at radius 2 is 1.44 bits per heavy atom. The SMILES string of the molecule is Cc1cc(-c2ccc(C)c(C)c2C)[n+](C)cc1C. The molecule has 1 heterocycles. The van der Waals surface area contributed by atoms with Gasteiger partial charge in [0.2, 0.25) is 5.69 Å². The molecule has 0 amide bonds. The van der Waals surface area contributed by atoms with Crippen LogP contribution in [0.2, 0.25) is 0 Å². The Kier molecular flexibility index (Phi) is 3.25. The van der Waals surface area contributed by atoms with Crippen molar-refractivity contribution < 1.29 is 4.57 Å². The molecule has 0 aliphatic carbocycles. The van der Waals surface area contributed by atoms with E-state index in [0.29, 0.717) is 0 Å². The van der Waals surface area contributed by atoms with Crippen LogP contribution in [-0.2, 0) is 7.05 Å². The van der Waals surface area contributed by atoms with Crippen molar-refractivity contribution in [2.45, 2.75) is 34.6 Å². The number of hydrogen-bond acceptors (Lipinski definition) is 0. The summed E-state index contributed by atoms with van der Waals surface area (Å²) in [7, 11) is 2.12. The molecule has 0 saturated heterocycles. The van der Waals surface area contributed by atoms with Crippen LogP contribution in [-0.4, -0.2) is 0 Å². The summed E-state index contributed by atoms with van der Waals surface area (Å²) in [5.41, 5.74) is 9.45. The molecule has 18 heavy (non-hydrogen) atoms. The molecule has 1 aromatic carbocycles. The Morgan fingerprint density at radius 1 is 0.778 bits per heavy atom. The topological polar surface area (TPSA) is 3.88 Å². The first-order chi connectivity index (χ1) is 8.41. The van der Waals surface area contributed by atoms with Gasteiger partial charge in [-0.05, 0) is 62.9 Å².